The summed E-state index contributed by atoms with van der Waals surface area (Å²) in [6, 6.07) is 6.92. The van der Waals surface area contributed by atoms with Gasteiger partial charge in [0.2, 0.25) is 0 Å². The lowest BCUT2D eigenvalue weighted by Gasteiger charge is -2.28. The number of ether oxygens (including phenoxy) is 1. The molecule has 1 fully saturated rings. The van der Waals surface area contributed by atoms with E-state index in [-0.39, 0.29) is 5.56 Å². The third-order valence-corrected chi connectivity index (χ3v) is 3.53. The first-order valence-corrected chi connectivity index (χ1v) is 7.11. The van der Waals surface area contributed by atoms with Crippen molar-refractivity contribution in [2.75, 3.05) is 31.2 Å². The second kappa shape index (κ2) is 6.24. The normalized spacial score (nSPS) is 15.2. The van der Waals surface area contributed by atoms with Gasteiger partial charge in [-0.2, -0.15) is 5.10 Å². The molecule has 0 aliphatic carbocycles. The first-order valence-electron chi connectivity index (χ1n) is 6.74. The summed E-state index contributed by atoms with van der Waals surface area (Å²) in [7, 11) is 0. The maximum atomic E-state index is 12.2. The van der Waals surface area contributed by atoms with Crippen LogP contribution in [0, 0.1) is 0 Å². The molecule has 2 aromatic rings. The third-order valence-electron chi connectivity index (χ3n) is 3.32. The number of rotatable bonds is 3. The third kappa shape index (κ3) is 3.40. The van der Waals surface area contributed by atoms with Gasteiger partial charge in [-0.05, 0) is 12.1 Å². The Labute approximate surface area is 126 Å². The van der Waals surface area contributed by atoms with Crippen molar-refractivity contribution in [3.8, 4) is 0 Å². The number of nitrogens with zero attached hydrogens (tertiary/aromatic N) is 4. The molecule has 0 spiro atoms. The van der Waals surface area contributed by atoms with Crippen LogP contribution in [0.2, 0.25) is 5.15 Å². The van der Waals surface area contributed by atoms with Crippen molar-refractivity contribution >= 4 is 17.3 Å². The largest absolute Gasteiger partial charge is 0.378 e. The van der Waals surface area contributed by atoms with E-state index in [1.165, 1.54) is 4.68 Å². The highest BCUT2D eigenvalue weighted by Crippen LogP contribution is 2.12. The summed E-state index contributed by atoms with van der Waals surface area (Å²) in [5.41, 5.74) is 1.38. The molecule has 7 heteroatoms. The van der Waals surface area contributed by atoms with Crippen molar-refractivity contribution < 1.29 is 4.74 Å². The molecular weight excluding hydrogens is 292 g/mol. The summed E-state index contributed by atoms with van der Waals surface area (Å²) in [6.45, 7) is 3.22. The SMILES string of the molecule is O=c1cc(N2CCOCC2)cnn1Cc1cccc(Cl)n1. The second-order valence-corrected chi connectivity index (χ2v) is 5.15. The summed E-state index contributed by atoms with van der Waals surface area (Å²) >= 11 is 5.84. The van der Waals surface area contributed by atoms with E-state index in [2.05, 4.69) is 15.0 Å². The van der Waals surface area contributed by atoms with Gasteiger partial charge in [-0.25, -0.2) is 9.67 Å². The van der Waals surface area contributed by atoms with E-state index in [4.69, 9.17) is 16.3 Å². The Bertz CT molecular complexity index is 683. The van der Waals surface area contributed by atoms with Crippen molar-refractivity contribution in [2.45, 2.75) is 6.54 Å². The van der Waals surface area contributed by atoms with Crippen molar-refractivity contribution in [3.05, 3.63) is 51.7 Å². The molecule has 0 saturated carbocycles. The van der Waals surface area contributed by atoms with Crippen LogP contribution in [-0.4, -0.2) is 41.1 Å². The molecule has 0 atom stereocenters. The Morgan fingerprint density at radius 1 is 1.29 bits per heavy atom. The standard InChI is InChI=1S/C14H15ClN4O2/c15-13-3-1-2-11(17-13)10-19-14(20)8-12(9-16-19)18-4-6-21-7-5-18/h1-3,8-9H,4-7,10H2. The lowest BCUT2D eigenvalue weighted by Crippen LogP contribution is -2.37. The first kappa shape index (κ1) is 14.0. The quantitative estimate of drug-likeness (QED) is 0.797. The highest BCUT2D eigenvalue weighted by atomic mass is 35.5. The average Bonchev–Trinajstić information content (AvgIpc) is 2.50. The van der Waals surface area contributed by atoms with Crippen molar-refractivity contribution in [1.29, 1.82) is 0 Å². The van der Waals surface area contributed by atoms with Gasteiger partial charge in [0.15, 0.2) is 0 Å². The summed E-state index contributed by atoms with van der Waals surface area (Å²) in [6.07, 6.45) is 1.71. The molecule has 110 valence electrons. The number of anilines is 1. The molecule has 6 nitrogen and oxygen atoms in total. The van der Waals surface area contributed by atoms with Gasteiger partial charge in [0.25, 0.3) is 5.56 Å². The molecule has 3 rings (SSSR count). The van der Waals surface area contributed by atoms with Crippen LogP contribution < -0.4 is 10.5 Å². The van der Waals surface area contributed by atoms with Crippen molar-refractivity contribution in [1.82, 2.24) is 14.8 Å². The number of pyridine rings is 1. The fraction of sp³-hybridized carbons (Fsp3) is 0.357. The molecule has 2 aromatic heterocycles. The topological polar surface area (TPSA) is 60.3 Å². The number of hydrogen-bond acceptors (Lipinski definition) is 5. The monoisotopic (exact) mass is 306 g/mol. The Kier molecular flexibility index (Phi) is 4.17. The molecule has 0 radical (unpaired) electrons. The van der Waals surface area contributed by atoms with Crippen LogP contribution in [0.4, 0.5) is 5.69 Å². The zero-order valence-electron chi connectivity index (χ0n) is 11.4. The van der Waals surface area contributed by atoms with Gasteiger partial charge in [0, 0.05) is 19.2 Å². The van der Waals surface area contributed by atoms with Gasteiger partial charge >= 0.3 is 0 Å². The molecule has 1 aliphatic rings. The van der Waals surface area contributed by atoms with Gasteiger partial charge in [0.05, 0.1) is 37.3 Å². The van der Waals surface area contributed by atoms with E-state index in [1.807, 2.05) is 6.07 Å². The van der Waals surface area contributed by atoms with Crippen molar-refractivity contribution in [3.63, 3.8) is 0 Å². The fourth-order valence-corrected chi connectivity index (χ4v) is 2.41. The van der Waals surface area contributed by atoms with Crippen LogP contribution in [0.1, 0.15) is 5.69 Å². The minimum atomic E-state index is -0.152. The van der Waals surface area contributed by atoms with Gasteiger partial charge < -0.3 is 9.64 Å². The maximum absolute atomic E-state index is 12.2. The van der Waals surface area contributed by atoms with Crippen LogP contribution in [-0.2, 0) is 11.3 Å². The molecule has 1 saturated heterocycles. The predicted octanol–water partition coefficient (Wildman–Crippen LogP) is 1.18. The van der Waals surface area contributed by atoms with Crippen LogP contribution in [0.5, 0.6) is 0 Å². The zero-order chi connectivity index (χ0) is 14.7. The predicted molar refractivity (Wildman–Crippen MR) is 79.9 cm³/mol. The van der Waals surface area contributed by atoms with Crippen molar-refractivity contribution in [2.24, 2.45) is 0 Å². The first-order chi connectivity index (χ1) is 10.2. The molecule has 1 aliphatic heterocycles. The maximum Gasteiger partial charge on any atom is 0.269 e. The summed E-state index contributed by atoms with van der Waals surface area (Å²) in [5, 5.41) is 4.62. The van der Waals surface area contributed by atoms with Gasteiger partial charge in [0.1, 0.15) is 5.15 Å². The van der Waals surface area contributed by atoms with Gasteiger partial charge in [-0.3, -0.25) is 4.79 Å². The molecule has 0 N–H and O–H groups in total. The summed E-state index contributed by atoms with van der Waals surface area (Å²) in [4.78, 5) is 18.4. The van der Waals surface area contributed by atoms with Crippen LogP contribution in [0.25, 0.3) is 0 Å². The molecule has 0 unspecified atom stereocenters. The van der Waals surface area contributed by atoms with E-state index in [1.54, 1.807) is 24.4 Å². The molecule has 0 bridgehead atoms. The van der Waals surface area contributed by atoms with E-state index in [0.717, 1.165) is 18.8 Å². The molecule has 3 heterocycles. The Balaban J connectivity index is 1.79. The Morgan fingerprint density at radius 2 is 2.10 bits per heavy atom. The van der Waals surface area contributed by atoms with Gasteiger partial charge in [-0.15, -0.1) is 0 Å². The lowest BCUT2D eigenvalue weighted by molar-refractivity contribution is 0.122. The molecule has 21 heavy (non-hydrogen) atoms. The Morgan fingerprint density at radius 3 is 2.81 bits per heavy atom. The minimum Gasteiger partial charge on any atom is -0.378 e. The average molecular weight is 307 g/mol. The number of hydrogen-bond donors (Lipinski definition) is 0. The molecule has 0 aromatic carbocycles. The van der Waals surface area contributed by atoms with Gasteiger partial charge in [-0.1, -0.05) is 17.7 Å². The lowest BCUT2D eigenvalue weighted by atomic mass is 10.3. The van der Waals surface area contributed by atoms with Crippen LogP contribution in [0.15, 0.2) is 35.3 Å². The molecular formula is C14H15ClN4O2. The number of aromatic nitrogens is 3. The van der Waals surface area contributed by atoms with Crippen LogP contribution >= 0.6 is 11.6 Å². The number of morpholine rings is 1. The minimum absolute atomic E-state index is 0.152. The van der Waals surface area contributed by atoms with E-state index in [0.29, 0.717) is 30.6 Å². The Hall–Kier alpha value is -1.92. The van der Waals surface area contributed by atoms with Crippen LogP contribution in [0.3, 0.4) is 0 Å². The highest BCUT2D eigenvalue weighted by molar-refractivity contribution is 6.29. The summed E-state index contributed by atoms with van der Waals surface area (Å²) in [5.74, 6) is 0. The smallest absolute Gasteiger partial charge is 0.269 e. The fourth-order valence-electron chi connectivity index (χ4n) is 2.23. The van der Waals surface area contributed by atoms with E-state index >= 15 is 0 Å². The van der Waals surface area contributed by atoms with E-state index < -0.39 is 0 Å². The second-order valence-electron chi connectivity index (χ2n) is 4.76. The summed E-state index contributed by atoms with van der Waals surface area (Å²) < 4.78 is 6.68. The van der Waals surface area contributed by atoms with E-state index in [9.17, 15) is 4.79 Å². The zero-order valence-corrected chi connectivity index (χ0v) is 12.2. The molecule has 0 amide bonds. The highest BCUT2D eigenvalue weighted by Gasteiger charge is 2.13. The number of halogens is 1.